The molecule has 3 amide bonds. The highest BCUT2D eigenvalue weighted by atomic mass is 16.5. The highest BCUT2D eigenvalue weighted by Crippen LogP contribution is 2.15. The van der Waals surface area contributed by atoms with Gasteiger partial charge in [0.15, 0.2) is 0 Å². The third kappa shape index (κ3) is 6.58. The summed E-state index contributed by atoms with van der Waals surface area (Å²) in [6.45, 7) is 6.31. The largest absolute Gasteiger partial charge is 0.491 e. The molecule has 0 aromatic heterocycles. The van der Waals surface area contributed by atoms with Gasteiger partial charge in [0.25, 0.3) is 0 Å². The summed E-state index contributed by atoms with van der Waals surface area (Å²) in [6.07, 6.45) is -0.590. The minimum Gasteiger partial charge on any atom is -0.491 e. The Balaban J connectivity index is 1.36. The van der Waals surface area contributed by atoms with Crippen LogP contribution < -0.4 is 10.1 Å². The van der Waals surface area contributed by atoms with E-state index in [-0.39, 0.29) is 18.5 Å². The van der Waals surface area contributed by atoms with Crippen molar-refractivity contribution >= 4 is 11.9 Å². The quantitative estimate of drug-likeness (QED) is 0.629. The average Bonchev–Trinajstić information content (AvgIpc) is 2.73. The molecule has 2 N–H and O–H groups in total. The van der Waals surface area contributed by atoms with Gasteiger partial charge < -0.3 is 25.0 Å². The Morgan fingerprint density at radius 1 is 1.13 bits per heavy atom. The van der Waals surface area contributed by atoms with Crippen molar-refractivity contribution in [3.63, 3.8) is 0 Å². The summed E-state index contributed by atoms with van der Waals surface area (Å²) in [4.78, 5) is 31.1. The van der Waals surface area contributed by atoms with Crippen LogP contribution in [0.25, 0.3) is 0 Å². The molecule has 0 saturated carbocycles. The summed E-state index contributed by atoms with van der Waals surface area (Å²) >= 11 is 0. The molecule has 2 heterocycles. The predicted molar refractivity (Wildman–Crippen MR) is 113 cm³/mol. The second-order valence-electron chi connectivity index (χ2n) is 8.13. The van der Waals surface area contributed by atoms with E-state index < -0.39 is 6.10 Å². The zero-order chi connectivity index (χ0) is 21.5. The van der Waals surface area contributed by atoms with Crippen molar-refractivity contribution in [2.45, 2.75) is 12.6 Å². The molecule has 2 aliphatic heterocycles. The van der Waals surface area contributed by atoms with Crippen LogP contribution in [0.15, 0.2) is 24.3 Å². The van der Waals surface area contributed by atoms with Crippen LogP contribution in [0.4, 0.5) is 4.79 Å². The lowest BCUT2D eigenvalue weighted by Crippen LogP contribution is -2.53. The Bertz CT molecular complexity index is 704. The molecule has 0 radical (unpaired) electrons. The highest BCUT2D eigenvalue weighted by molar-refractivity contribution is 5.78. The van der Waals surface area contributed by atoms with Crippen molar-refractivity contribution in [1.82, 2.24) is 24.9 Å². The number of benzene rings is 1. The van der Waals surface area contributed by atoms with Gasteiger partial charge in [-0.05, 0) is 17.7 Å². The number of β-amino-alcohol motifs (C(OH)–C–C–N with tert-alkyl or cyclic N) is 1. The van der Waals surface area contributed by atoms with Gasteiger partial charge in [-0.2, -0.15) is 0 Å². The van der Waals surface area contributed by atoms with Crippen molar-refractivity contribution in [2.75, 3.05) is 73.1 Å². The molecule has 1 aromatic rings. The number of hydrogen-bond donors (Lipinski definition) is 2. The normalized spacial score (nSPS) is 19.3. The van der Waals surface area contributed by atoms with Gasteiger partial charge in [-0.15, -0.1) is 0 Å². The number of piperazine rings is 2. The summed E-state index contributed by atoms with van der Waals surface area (Å²) in [5, 5.41) is 13.1. The summed E-state index contributed by atoms with van der Waals surface area (Å²) in [6, 6.07) is 7.82. The van der Waals surface area contributed by atoms with E-state index in [1.54, 1.807) is 19.0 Å². The fourth-order valence-corrected chi connectivity index (χ4v) is 3.72. The first-order valence-electron chi connectivity index (χ1n) is 10.5. The number of aliphatic hydroxyl groups excluding tert-OH is 1. The van der Waals surface area contributed by atoms with E-state index in [0.717, 1.165) is 37.5 Å². The molecule has 9 heteroatoms. The molecule has 1 unspecified atom stereocenters. The van der Waals surface area contributed by atoms with Crippen molar-refractivity contribution in [1.29, 1.82) is 0 Å². The predicted octanol–water partition coefficient (Wildman–Crippen LogP) is -0.343. The lowest BCUT2D eigenvalue weighted by molar-refractivity contribution is -0.124. The zero-order valence-corrected chi connectivity index (χ0v) is 17.9. The Morgan fingerprint density at radius 2 is 1.83 bits per heavy atom. The number of amides is 3. The van der Waals surface area contributed by atoms with Crippen molar-refractivity contribution in [3.05, 3.63) is 29.8 Å². The lowest BCUT2D eigenvalue weighted by Gasteiger charge is -2.36. The van der Waals surface area contributed by atoms with E-state index in [2.05, 4.69) is 15.1 Å². The number of aliphatic hydroxyl groups is 1. The topological polar surface area (TPSA) is 88.6 Å². The minimum atomic E-state index is -0.590. The molecule has 1 atom stereocenters. The molecule has 166 valence electrons. The van der Waals surface area contributed by atoms with Crippen LogP contribution >= 0.6 is 0 Å². The van der Waals surface area contributed by atoms with Gasteiger partial charge in [-0.3, -0.25) is 14.6 Å². The average molecular weight is 420 g/mol. The summed E-state index contributed by atoms with van der Waals surface area (Å²) in [5.74, 6) is 0.788. The second-order valence-corrected chi connectivity index (χ2v) is 8.13. The van der Waals surface area contributed by atoms with Crippen LogP contribution in [0.3, 0.4) is 0 Å². The third-order valence-corrected chi connectivity index (χ3v) is 5.38. The molecule has 9 nitrogen and oxygen atoms in total. The van der Waals surface area contributed by atoms with Gasteiger partial charge in [0.1, 0.15) is 18.5 Å². The van der Waals surface area contributed by atoms with Gasteiger partial charge >= 0.3 is 6.03 Å². The highest BCUT2D eigenvalue weighted by Gasteiger charge is 2.23. The Kier molecular flexibility index (Phi) is 7.89. The number of nitrogens with zero attached hydrogens (tertiary/aromatic N) is 4. The Labute approximate surface area is 178 Å². The minimum absolute atomic E-state index is 0.0329. The second kappa shape index (κ2) is 10.6. The van der Waals surface area contributed by atoms with Crippen LogP contribution in [-0.4, -0.2) is 116 Å². The molecule has 2 aliphatic rings. The number of ether oxygens (including phenoxy) is 1. The molecule has 0 spiro atoms. The molecular formula is C21H33N5O4. The van der Waals surface area contributed by atoms with E-state index in [1.807, 2.05) is 29.2 Å². The smallest absolute Gasteiger partial charge is 0.319 e. The van der Waals surface area contributed by atoms with E-state index in [9.17, 15) is 14.7 Å². The molecule has 30 heavy (non-hydrogen) atoms. The molecule has 2 saturated heterocycles. The first-order chi connectivity index (χ1) is 14.4. The molecule has 2 fully saturated rings. The molecule has 0 aliphatic carbocycles. The summed E-state index contributed by atoms with van der Waals surface area (Å²) < 4.78 is 5.74. The van der Waals surface area contributed by atoms with Crippen molar-refractivity contribution in [3.8, 4) is 5.75 Å². The van der Waals surface area contributed by atoms with Crippen LogP contribution in [0, 0.1) is 0 Å². The molecule has 3 rings (SSSR count). The number of hydrogen-bond acceptors (Lipinski definition) is 6. The standard InChI is InChI=1S/C21H33N5O4/c1-23(2)21(29)26-11-9-24(10-12-26)14-18(27)16-30-19-5-3-17(4-6-19)13-25-8-7-22-20(28)15-25/h3-6,18,27H,7-16H2,1-2H3,(H,22,28). The number of carbonyl (C=O) groups excluding carboxylic acids is 2. The van der Waals surface area contributed by atoms with Crippen LogP contribution in [0.5, 0.6) is 5.75 Å². The van der Waals surface area contributed by atoms with Crippen LogP contribution in [0.1, 0.15) is 5.56 Å². The molecular weight excluding hydrogens is 386 g/mol. The first-order valence-corrected chi connectivity index (χ1v) is 10.5. The fourth-order valence-electron chi connectivity index (χ4n) is 3.72. The maximum atomic E-state index is 12.0. The van der Waals surface area contributed by atoms with Crippen molar-refractivity contribution in [2.24, 2.45) is 0 Å². The lowest BCUT2D eigenvalue weighted by atomic mass is 10.2. The number of rotatable bonds is 7. The molecule has 1 aromatic carbocycles. The maximum absolute atomic E-state index is 12.0. The maximum Gasteiger partial charge on any atom is 0.319 e. The SMILES string of the molecule is CN(C)C(=O)N1CCN(CC(O)COc2ccc(CN3CCNC(=O)C3)cc2)CC1. The fraction of sp³-hybridized carbons (Fsp3) is 0.619. The van der Waals surface area contributed by atoms with Gasteiger partial charge in [-0.25, -0.2) is 4.79 Å². The van der Waals surface area contributed by atoms with E-state index in [1.165, 1.54) is 0 Å². The summed E-state index contributed by atoms with van der Waals surface area (Å²) in [5.41, 5.74) is 1.13. The monoisotopic (exact) mass is 419 g/mol. The Hall–Kier alpha value is -2.36. The number of carbonyl (C=O) groups is 2. The van der Waals surface area contributed by atoms with Gasteiger partial charge in [0.2, 0.25) is 5.91 Å². The van der Waals surface area contributed by atoms with Crippen LogP contribution in [-0.2, 0) is 11.3 Å². The zero-order valence-electron chi connectivity index (χ0n) is 17.9. The van der Waals surface area contributed by atoms with E-state index in [4.69, 9.17) is 4.74 Å². The molecule has 0 bridgehead atoms. The van der Waals surface area contributed by atoms with Crippen molar-refractivity contribution < 1.29 is 19.4 Å². The van der Waals surface area contributed by atoms with Crippen LogP contribution in [0.2, 0.25) is 0 Å². The first kappa shape index (κ1) is 22.3. The third-order valence-electron chi connectivity index (χ3n) is 5.38. The van der Waals surface area contributed by atoms with Gasteiger partial charge in [0, 0.05) is 66.5 Å². The van der Waals surface area contributed by atoms with Gasteiger partial charge in [0.05, 0.1) is 6.54 Å². The van der Waals surface area contributed by atoms with E-state index in [0.29, 0.717) is 32.7 Å². The number of urea groups is 1. The van der Waals surface area contributed by atoms with E-state index >= 15 is 0 Å². The van der Waals surface area contributed by atoms with Gasteiger partial charge in [-0.1, -0.05) is 12.1 Å². The summed E-state index contributed by atoms with van der Waals surface area (Å²) in [7, 11) is 3.52. The number of nitrogens with one attached hydrogen (secondary N) is 1. The Morgan fingerprint density at radius 3 is 2.47 bits per heavy atom.